The van der Waals surface area contributed by atoms with Crippen LogP contribution >= 0.6 is 0 Å². The first kappa shape index (κ1) is 17.9. The molecule has 0 amide bonds. The van der Waals surface area contributed by atoms with E-state index in [-0.39, 0.29) is 24.5 Å². The maximum Gasteiger partial charge on any atom is 0.326 e. The van der Waals surface area contributed by atoms with Gasteiger partial charge in [0, 0.05) is 12.6 Å². The van der Waals surface area contributed by atoms with Gasteiger partial charge in [0.2, 0.25) is 17.8 Å². The van der Waals surface area contributed by atoms with Gasteiger partial charge in [-0.3, -0.25) is 0 Å². The first-order valence-electron chi connectivity index (χ1n) is 7.33. The van der Waals surface area contributed by atoms with Crippen LogP contribution in [0.25, 0.3) is 0 Å². The highest BCUT2D eigenvalue weighted by Gasteiger charge is 2.18. The van der Waals surface area contributed by atoms with Gasteiger partial charge in [0.15, 0.2) is 0 Å². The van der Waals surface area contributed by atoms with Crippen molar-refractivity contribution in [3.05, 3.63) is 0 Å². The molecular weight excluding hydrogens is 288 g/mol. The third-order valence-electron chi connectivity index (χ3n) is 2.63. The van der Waals surface area contributed by atoms with Crippen molar-refractivity contribution >= 4 is 23.8 Å². The van der Waals surface area contributed by atoms with E-state index >= 15 is 0 Å². The van der Waals surface area contributed by atoms with Crippen LogP contribution in [0.5, 0.6) is 0 Å². The van der Waals surface area contributed by atoms with E-state index in [9.17, 15) is 9.90 Å². The number of nitrogens with zero attached hydrogens (tertiary/aromatic N) is 3. The molecule has 5 N–H and O–H groups in total. The summed E-state index contributed by atoms with van der Waals surface area (Å²) in [5.41, 5.74) is 0. The van der Waals surface area contributed by atoms with Crippen molar-refractivity contribution in [3.63, 3.8) is 0 Å². The van der Waals surface area contributed by atoms with Crippen molar-refractivity contribution in [1.29, 1.82) is 0 Å². The first-order valence-corrected chi connectivity index (χ1v) is 7.33. The van der Waals surface area contributed by atoms with Crippen molar-refractivity contribution in [2.24, 2.45) is 0 Å². The molecule has 0 bridgehead atoms. The molecule has 0 spiro atoms. The van der Waals surface area contributed by atoms with Crippen molar-refractivity contribution in [2.45, 2.75) is 45.7 Å². The number of anilines is 3. The van der Waals surface area contributed by atoms with Crippen molar-refractivity contribution in [3.8, 4) is 0 Å². The van der Waals surface area contributed by atoms with Crippen LogP contribution < -0.4 is 16.0 Å². The Morgan fingerprint density at radius 1 is 1.14 bits per heavy atom. The largest absolute Gasteiger partial charge is 0.480 e. The topological polar surface area (TPSA) is 132 Å². The minimum Gasteiger partial charge on any atom is -0.480 e. The van der Waals surface area contributed by atoms with Crippen LogP contribution in [0.15, 0.2) is 0 Å². The molecule has 0 radical (unpaired) electrons. The summed E-state index contributed by atoms with van der Waals surface area (Å²) in [7, 11) is 0. The quantitative estimate of drug-likeness (QED) is 0.424. The summed E-state index contributed by atoms with van der Waals surface area (Å²) in [4.78, 5) is 23.7. The van der Waals surface area contributed by atoms with Gasteiger partial charge in [-0.2, -0.15) is 15.0 Å². The molecule has 1 atom stereocenters. The number of carboxylic acids is 1. The Bertz CT molecular complexity index is 483. The van der Waals surface area contributed by atoms with Crippen LogP contribution in [0.3, 0.4) is 0 Å². The van der Waals surface area contributed by atoms with Crippen LogP contribution in [0, 0.1) is 0 Å². The number of carboxylic acid groups (broad SMARTS) is 1. The van der Waals surface area contributed by atoms with E-state index in [4.69, 9.17) is 5.11 Å². The lowest BCUT2D eigenvalue weighted by molar-refractivity contribution is -0.138. The smallest absolute Gasteiger partial charge is 0.326 e. The number of hydrogen-bond acceptors (Lipinski definition) is 8. The fraction of sp³-hybridized carbons (Fsp3) is 0.692. The molecule has 1 rings (SSSR count). The summed E-state index contributed by atoms with van der Waals surface area (Å²) >= 11 is 0. The molecule has 9 heteroatoms. The monoisotopic (exact) mass is 312 g/mol. The molecule has 0 aliphatic rings. The standard InChI is InChI=1S/C13H24N6O3/c1-4-5-9(10(21)22)16-13-18-11(14-6-7-20)17-12(19-13)15-8(2)3/h8-9,20H,4-7H2,1-3H3,(H,21,22)(H3,14,15,16,17,18,19). The van der Waals surface area contributed by atoms with E-state index < -0.39 is 12.0 Å². The van der Waals surface area contributed by atoms with Gasteiger partial charge in [-0.15, -0.1) is 0 Å². The highest BCUT2D eigenvalue weighted by molar-refractivity contribution is 5.76. The third-order valence-corrected chi connectivity index (χ3v) is 2.63. The maximum absolute atomic E-state index is 11.2. The zero-order valence-electron chi connectivity index (χ0n) is 13.1. The molecule has 22 heavy (non-hydrogen) atoms. The zero-order valence-corrected chi connectivity index (χ0v) is 13.1. The molecule has 0 aromatic carbocycles. The summed E-state index contributed by atoms with van der Waals surface area (Å²) in [6.45, 7) is 6.02. The fourth-order valence-corrected chi connectivity index (χ4v) is 1.71. The molecule has 1 heterocycles. The SMILES string of the molecule is CCCC(Nc1nc(NCCO)nc(NC(C)C)n1)C(=O)O. The summed E-state index contributed by atoms with van der Waals surface area (Å²) < 4.78 is 0. The predicted molar refractivity (Wildman–Crippen MR) is 84.1 cm³/mol. The number of nitrogens with one attached hydrogen (secondary N) is 3. The molecule has 0 aliphatic carbocycles. The maximum atomic E-state index is 11.2. The lowest BCUT2D eigenvalue weighted by Crippen LogP contribution is -2.30. The normalized spacial score (nSPS) is 12.0. The number of aliphatic carboxylic acids is 1. The summed E-state index contributed by atoms with van der Waals surface area (Å²) in [6, 6.07) is -0.642. The van der Waals surface area contributed by atoms with Crippen molar-refractivity contribution in [2.75, 3.05) is 29.1 Å². The van der Waals surface area contributed by atoms with Crippen LogP contribution in [0.1, 0.15) is 33.6 Å². The van der Waals surface area contributed by atoms with E-state index in [1.165, 1.54) is 0 Å². The van der Waals surface area contributed by atoms with Crippen LogP contribution in [0.4, 0.5) is 17.8 Å². The second-order valence-corrected chi connectivity index (χ2v) is 5.08. The molecule has 124 valence electrons. The number of carbonyl (C=O) groups is 1. The van der Waals surface area contributed by atoms with Gasteiger partial charge >= 0.3 is 5.97 Å². The first-order chi connectivity index (χ1) is 10.5. The van der Waals surface area contributed by atoms with E-state index in [0.29, 0.717) is 18.9 Å². The number of aliphatic hydroxyl groups is 1. The van der Waals surface area contributed by atoms with Crippen molar-refractivity contribution < 1.29 is 15.0 Å². The van der Waals surface area contributed by atoms with Gasteiger partial charge in [0.05, 0.1) is 6.61 Å². The van der Waals surface area contributed by atoms with E-state index in [1.807, 2.05) is 20.8 Å². The molecule has 0 fully saturated rings. The zero-order chi connectivity index (χ0) is 16.5. The Hall–Kier alpha value is -2.16. The Balaban J connectivity index is 2.96. The second-order valence-electron chi connectivity index (χ2n) is 5.08. The lowest BCUT2D eigenvalue weighted by Gasteiger charge is -2.16. The molecule has 1 aromatic rings. The predicted octanol–water partition coefficient (Wildman–Crippen LogP) is 0.761. The van der Waals surface area contributed by atoms with Crippen LogP contribution in [0.2, 0.25) is 0 Å². The molecule has 0 saturated carbocycles. The Morgan fingerprint density at radius 2 is 1.73 bits per heavy atom. The summed E-state index contributed by atoms with van der Waals surface area (Å²) in [5.74, 6) is -0.158. The Morgan fingerprint density at radius 3 is 2.23 bits per heavy atom. The highest BCUT2D eigenvalue weighted by atomic mass is 16.4. The van der Waals surface area contributed by atoms with Crippen molar-refractivity contribution in [1.82, 2.24) is 15.0 Å². The number of aromatic nitrogens is 3. The van der Waals surface area contributed by atoms with Gasteiger partial charge in [-0.25, -0.2) is 4.79 Å². The fourth-order valence-electron chi connectivity index (χ4n) is 1.71. The Labute approximate surface area is 129 Å². The molecule has 0 saturated heterocycles. The van der Waals surface area contributed by atoms with E-state index in [0.717, 1.165) is 6.42 Å². The van der Waals surface area contributed by atoms with Crippen LogP contribution in [-0.2, 0) is 4.79 Å². The lowest BCUT2D eigenvalue weighted by atomic mass is 10.2. The third kappa shape index (κ3) is 6.08. The molecule has 1 aromatic heterocycles. The number of hydrogen-bond donors (Lipinski definition) is 5. The van der Waals surface area contributed by atoms with Gasteiger partial charge < -0.3 is 26.2 Å². The second kappa shape index (κ2) is 8.98. The average Bonchev–Trinajstić information content (AvgIpc) is 2.43. The molecule has 1 unspecified atom stereocenters. The molecule has 0 aliphatic heterocycles. The highest BCUT2D eigenvalue weighted by Crippen LogP contribution is 2.12. The van der Waals surface area contributed by atoms with Gasteiger partial charge in [0.1, 0.15) is 6.04 Å². The van der Waals surface area contributed by atoms with Crippen LogP contribution in [-0.4, -0.2) is 56.4 Å². The minimum atomic E-state index is -0.953. The molecule has 9 nitrogen and oxygen atoms in total. The molecular formula is C13H24N6O3. The van der Waals surface area contributed by atoms with E-state index in [1.54, 1.807) is 0 Å². The summed E-state index contributed by atoms with van der Waals surface area (Å²) in [6.07, 6.45) is 1.19. The Kier molecular flexibility index (Phi) is 7.30. The average molecular weight is 312 g/mol. The van der Waals surface area contributed by atoms with Gasteiger partial charge in [-0.1, -0.05) is 13.3 Å². The number of rotatable bonds is 10. The summed E-state index contributed by atoms with van der Waals surface area (Å²) in [5, 5.41) is 26.7. The van der Waals surface area contributed by atoms with Gasteiger partial charge in [-0.05, 0) is 20.3 Å². The van der Waals surface area contributed by atoms with Gasteiger partial charge in [0.25, 0.3) is 0 Å². The van der Waals surface area contributed by atoms with E-state index in [2.05, 4.69) is 30.9 Å². The minimum absolute atomic E-state index is 0.0605. The number of aliphatic hydroxyl groups excluding tert-OH is 1.